The highest BCUT2D eigenvalue weighted by Crippen LogP contribution is 2.29. The van der Waals surface area contributed by atoms with Crippen LogP contribution in [0.25, 0.3) is 11.3 Å². The molecular formula is C16H13ClN2OS2. The molecule has 0 fully saturated rings. The van der Waals surface area contributed by atoms with Crippen molar-refractivity contribution >= 4 is 45.3 Å². The number of carbonyl (C=O) groups is 1. The molecule has 3 aromatic rings. The highest BCUT2D eigenvalue weighted by Gasteiger charge is 2.12. The van der Waals surface area contributed by atoms with E-state index in [9.17, 15) is 4.79 Å². The maximum atomic E-state index is 12.1. The second kappa shape index (κ2) is 6.20. The quantitative estimate of drug-likeness (QED) is 0.689. The number of nitrogens with zero attached hydrogens (tertiary/aromatic N) is 1. The van der Waals surface area contributed by atoms with Gasteiger partial charge in [-0.25, -0.2) is 4.98 Å². The fourth-order valence-electron chi connectivity index (χ4n) is 2.06. The number of thiazole rings is 1. The first-order chi connectivity index (χ1) is 10.5. The van der Waals surface area contributed by atoms with E-state index in [0.29, 0.717) is 14.3 Å². The Balaban J connectivity index is 1.82. The molecule has 0 saturated heterocycles. The van der Waals surface area contributed by atoms with Gasteiger partial charge in [0.1, 0.15) is 0 Å². The van der Waals surface area contributed by atoms with E-state index in [2.05, 4.69) is 42.3 Å². The molecule has 2 aromatic heterocycles. The van der Waals surface area contributed by atoms with Gasteiger partial charge in [-0.1, -0.05) is 29.3 Å². The molecule has 22 heavy (non-hydrogen) atoms. The molecule has 0 aliphatic rings. The third-order valence-electron chi connectivity index (χ3n) is 3.19. The number of rotatable bonds is 3. The van der Waals surface area contributed by atoms with Gasteiger partial charge >= 0.3 is 0 Å². The van der Waals surface area contributed by atoms with Crippen molar-refractivity contribution in [1.29, 1.82) is 0 Å². The molecule has 1 N–H and O–H groups in total. The Morgan fingerprint density at radius 2 is 2.05 bits per heavy atom. The van der Waals surface area contributed by atoms with E-state index in [4.69, 9.17) is 11.6 Å². The minimum Gasteiger partial charge on any atom is -0.297 e. The molecule has 1 amide bonds. The van der Waals surface area contributed by atoms with Crippen LogP contribution < -0.4 is 5.32 Å². The van der Waals surface area contributed by atoms with Gasteiger partial charge in [0.15, 0.2) is 5.13 Å². The molecule has 0 unspecified atom stereocenters. The topological polar surface area (TPSA) is 42.0 Å². The Morgan fingerprint density at radius 3 is 2.77 bits per heavy atom. The van der Waals surface area contributed by atoms with E-state index in [1.165, 1.54) is 33.8 Å². The predicted molar refractivity (Wildman–Crippen MR) is 94.3 cm³/mol. The zero-order chi connectivity index (χ0) is 15.7. The molecule has 0 saturated carbocycles. The van der Waals surface area contributed by atoms with E-state index >= 15 is 0 Å². The number of aryl methyl sites for hydroxylation is 2. The van der Waals surface area contributed by atoms with Gasteiger partial charge in [-0.2, -0.15) is 0 Å². The summed E-state index contributed by atoms with van der Waals surface area (Å²) >= 11 is 8.52. The molecule has 0 aliphatic heterocycles. The Kier molecular flexibility index (Phi) is 4.29. The first kappa shape index (κ1) is 15.2. The predicted octanol–water partition coefficient (Wildman–Crippen LogP) is 5.39. The van der Waals surface area contributed by atoms with Gasteiger partial charge in [-0.15, -0.1) is 22.7 Å². The maximum Gasteiger partial charge on any atom is 0.267 e. The zero-order valence-electron chi connectivity index (χ0n) is 12.0. The third kappa shape index (κ3) is 3.21. The lowest BCUT2D eigenvalue weighted by Gasteiger charge is -2.03. The summed E-state index contributed by atoms with van der Waals surface area (Å²) in [6.07, 6.45) is 0. The highest BCUT2D eigenvalue weighted by atomic mass is 35.5. The SMILES string of the molecule is Cc1ccc(C)c(-c2csc(NC(=O)c3ccc(Cl)s3)n2)c1. The lowest BCUT2D eigenvalue weighted by atomic mass is 10.0. The number of aromatic nitrogens is 1. The Bertz CT molecular complexity index is 838. The van der Waals surface area contributed by atoms with Crippen LogP contribution >= 0.6 is 34.3 Å². The van der Waals surface area contributed by atoms with Crippen molar-refractivity contribution < 1.29 is 4.79 Å². The third-order valence-corrected chi connectivity index (χ3v) is 5.18. The summed E-state index contributed by atoms with van der Waals surface area (Å²) in [6.45, 7) is 4.11. The van der Waals surface area contributed by atoms with Crippen molar-refractivity contribution in [2.24, 2.45) is 0 Å². The molecule has 3 nitrogen and oxygen atoms in total. The van der Waals surface area contributed by atoms with Crippen molar-refractivity contribution in [2.45, 2.75) is 13.8 Å². The monoisotopic (exact) mass is 348 g/mol. The maximum absolute atomic E-state index is 12.1. The normalized spacial score (nSPS) is 10.7. The molecular weight excluding hydrogens is 336 g/mol. The number of anilines is 1. The van der Waals surface area contributed by atoms with Crippen molar-refractivity contribution in [1.82, 2.24) is 4.98 Å². The van der Waals surface area contributed by atoms with Crippen LogP contribution in [0.2, 0.25) is 4.34 Å². The molecule has 0 aliphatic carbocycles. The van der Waals surface area contributed by atoms with Crippen LogP contribution in [0.5, 0.6) is 0 Å². The largest absolute Gasteiger partial charge is 0.297 e. The number of nitrogens with one attached hydrogen (secondary N) is 1. The fourth-order valence-corrected chi connectivity index (χ4v) is 3.71. The summed E-state index contributed by atoms with van der Waals surface area (Å²) in [6, 6.07) is 9.69. The van der Waals surface area contributed by atoms with Gasteiger partial charge in [-0.3, -0.25) is 10.1 Å². The summed E-state index contributed by atoms with van der Waals surface area (Å²) in [7, 11) is 0. The molecule has 0 spiro atoms. The van der Waals surface area contributed by atoms with Crippen LogP contribution in [0.4, 0.5) is 5.13 Å². The Hall–Kier alpha value is -1.69. The second-order valence-corrected chi connectivity index (χ2v) is 7.49. The van der Waals surface area contributed by atoms with Crippen LogP contribution in [0.3, 0.4) is 0 Å². The molecule has 2 heterocycles. The van der Waals surface area contributed by atoms with Crippen LogP contribution in [0, 0.1) is 13.8 Å². The number of hydrogen-bond donors (Lipinski definition) is 1. The molecule has 0 atom stereocenters. The van der Waals surface area contributed by atoms with Gasteiger partial charge in [0.05, 0.1) is 14.9 Å². The lowest BCUT2D eigenvalue weighted by molar-refractivity contribution is 0.103. The van der Waals surface area contributed by atoms with E-state index < -0.39 is 0 Å². The number of carbonyl (C=O) groups excluding carboxylic acids is 1. The average molecular weight is 349 g/mol. The van der Waals surface area contributed by atoms with Crippen molar-refractivity contribution in [3.63, 3.8) is 0 Å². The summed E-state index contributed by atoms with van der Waals surface area (Å²) in [5.74, 6) is -0.182. The molecule has 6 heteroatoms. The standard InChI is InChI=1S/C16H13ClN2OS2/c1-9-3-4-10(2)11(7-9)12-8-21-16(18-12)19-15(20)13-5-6-14(17)22-13/h3-8H,1-2H3,(H,18,19,20). The van der Waals surface area contributed by atoms with Gasteiger partial charge in [0.25, 0.3) is 5.91 Å². The van der Waals surface area contributed by atoms with Crippen LogP contribution in [0.15, 0.2) is 35.7 Å². The van der Waals surface area contributed by atoms with Gasteiger partial charge in [0.2, 0.25) is 0 Å². The van der Waals surface area contributed by atoms with Crippen molar-refractivity contribution in [3.05, 3.63) is 56.1 Å². The van der Waals surface area contributed by atoms with Crippen LogP contribution in [-0.2, 0) is 0 Å². The summed E-state index contributed by atoms with van der Waals surface area (Å²) in [4.78, 5) is 17.2. The summed E-state index contributed by atoms with van der Waals surface area (Å²) < 4.78 is 0.598. The molecule has 0 bridgehead atoms. The van der Waals surface area contributed by atoms with Crippen LogP contribution in [-0.4, -0.2) is 10.9 Å². The van der Waals surface area contributed by atoms with Crippen LogP contribution in [0.1, 0.15) is 20.8 Å². The second-order valence-electron chi connectivity index (χ2n) is 4.91. The molecule has 0 radical (unpaired) electrons. The highest BCUT2D eigenvalue weighted by molar-refractivity contribution is 7.18. The smallest absolute Gasteiger partial charge is 0.267 e. The minimum absolute atomic E-state index is 0.182. The number of amides is 1. The van der Waals surface area contributed by atoms with Gasteiger partial charge in [0, 0.05) is 10.9 Å². The Labute approximate surface area is 141 Å². The average Bonchev–Trinajstić information content (AvgIpc) is 3.11. The lowest BCUT2D eigenvalue weighted by Crippen LogP contribution is -2.09. The zero-order valence-corrected chi connectivity index (χ0v) is 14.4. The molecule has 3 rings (SSSR count). The van der Waals surface area contributed by atoms with E-state index in [1.807, 2.05) is 5.38 Å². The molecule has 112 valence electrons. The summed E-state index contributed by atoms with van der Waals surface area (Å²) in [5.41, 5.74) is 4.33. The summed E-state index contributed by atoms with van der Waals surface area (Å²) in [5, 5.41) is 5.36. The first-order valence-corrected chi connectivity index (χ1v) is 8.70. The number of thiophene rings is 1. The minimum atomic E-state index is -0.182. The number of benzene rings is 1. The Morgan fingerprint density at radius 1 is 1.23 bits per heavy atom. The van der Waals surface area contributed by atoms with Gasteiger partial charge < -0.3 is 0 Å². The number of halogens is 1. The van der Waals surface area contributed by atoms with Crippen molar-refractivity contribution in [3.8, 4) is 11.3 Å². The van der Waals surface area contributed by atoms with Gasteiger partial charge in [-0.05, 0) is 37.6 Å². The number of hydrogen-bond acceptors (Lipinski definition) is 4. The van der Waals surface area contributed by atoms with E-state index in [0.717, 1.165) is 11.3 Å². The fraction of sp³-hybridized carbons (Fsp3) is 0.125. The molecule has 1 aromatic carbocycles. The van der Waals surface area contributed by atoms with Crippen molar-refractivity contribution in [2.75, 3.05) is 5.32 Å². The van der Waals surface area contributed by atoms with E-state index in [-0.39, 0.29) is 5.91 Å². The van der Waals surface area contributed by atoms with E-state index in [1.54, 1.807) is 12.1 Å². The first-order valence-electron chi connectivity index (χ1n) is 6.63.